The summed E-state index contributed by atoms with van der Waals surface area (Å²) in [6.45, 7) is 4.61. The Bertz CT molecular complexity index is 595. The van der Waals surface area contributed by atoms with Crippen LogP contribution >= 0.6 is 15.9 Å². The monoisotopic (exact) mass is 360 g/mol. The van der Waals surface area contributed by atoms with E-state index >= 15 is 0 Å². The average Bonchev–Trinajstić information content (AvgIpc) is 3.11. The maximum absolute atomic E-state index is 12.5. The van der Waals surface area contributed by atoms with E-state index in [0.717, 1.165) is 18.4 Å². The Labute approximate surface area is 129 Å². The van der Waals surface area contributed by atoms with Gasteiger partial charge in [-0.25, -0.2) is 13.1 Å². The molecule has 1 aliphatic carbocycles. The van der Waals surface area contributed by atoms with Gasteiger partial charge in [-0.2, -0.15) is 0 Å². The normalized spacial score (nSPS) is 16.4. The molecule has 0 unspecified atom stereocenters. The Hall–Kier alpha value is -0.430. The number of halogens is 1. The lowest BCUT2D eigenvalue weighted by Gasteiger charge is -2.26. The van der Waals surface area contributed by atoms with Gasteiger partial charge >= 0.3 is 0 Å². The molecule has 6 heteroatoms. The van der Waals surface area contributed by atoms with E-state index in [1.165, 1.54) is 0 Å². The van der Waals surface area contributed by atoms with Gasteiger partial charge in [-0.1, -0.05) is 6.07 Å². The summed E-state index contributed by atoms with van der Waals surface area (Å²) in [6.07, 6.45) is 2.19. The number of nitrogens with one attached hydrogen (secondary N) is 2. The van der Waals surface area contributed by atoms with Gasteiger partial charge in [0.25, 0.3) is 0 Å². The van der Waals surface area contributed by atoms with Crippen molar-refractivity contribution in [2.75, 3.05) is 7.05 Å². The second kappa shape index (κ2) is 5.75. The van der Waals surface area contributed by atoms with E-state index in [1.54, 1.807) is 6.07 Å². The molecule has 0 aliphatic heterocycles. The molecule has 2 N–H and O–H groups in total. The van der Waals surface area contributed by atoms with Crippen LogP contribution in [0.15, 0.2) is 27.6 Å². The summed E-state index contributed by atoms with van der Waals surface area (Å²) in [5.74, 6) is 0.444. The van der Waals surface area contributed by atoms with Crippen LogP contribution in [0.2, 0.25) is 0 Å². The van der Waals surface area contributed by atoms with Crippen molar-refractivity contribution in [2.45, 2.75) is 43.7 Å². The minimum absolute atomic E-state index is 0.297. The van der Waals surface area contributed by atoms with Gasteiger partial charge in [0.15, 0.2) is 0 Å². The minimum Gasteiger partial charge on any atom is -0.316 e. The number of hydrogen-bond acceptors (Lipinski definition) is 3. The first-order valence-corrected chi connectivity index (χ1v) is 9.01. The summed E-state index contributed by atoms with van der Waals surface area (Å²) in [6, 6.07) is 5.33. The van der Waals surface area contributed by atoms with E-state index in [4.69, 9.17) is 0 Å². The first kappa shape index (κ1) is 15.9. The first-order chi connectivity index (χ1) is 9.26. The van der Waals surface area contributed by atoms with E-state index in [9.17, 15) is 8.42 Å². The molecule has 2 rings (SSSR count). The second-order valence-electron chi connectivity index (χ2n) is 5.90. The molecule has 1 aromatic rings. The van der Waals surface area contributed by atoms with Crippen LogP contribution in [-0.4, -0.2) is 21.0 Å². The minimum atomic E-state index is -3.50. The standard InChI is InChI=1S/C14H21BrN2O2S/c1-14(2,11-5-6-11)17-20(18,19)13-7-4-10(9-16-3)8-12(13)15/h4,7-8,11,16-17H,5-6,9H2,1-3H3. The molecule has 1 fully saturated rings. The first-order valence-electron chi connectivity index (χ1n) is 6.73. The molecule has 0 bridgehead atoms. The molecule has 0 heterocycles. The summed E-state index contributed by atoms with van der Waals surface area (Å²) in [5.41, 5.74) is 0.654. The molecule has 0 saturated heterocycles. The van der Waals surface area contributed by atoms with E-state index in [0.29, 0.717) is 21.8 Å². The lowest BCUT2D eigenvalue weighted by molar-refractivity contribution is 0.400. The Morgan fingerprint density at radius 1 is 1.35 bits per heavy atom. The lowest BCUT2D eigenvalue weighted by atomic mass is 10.0. The summed E-state index contributed by atoms with van der Waals surface area (Å²) in [7, 11) is -1.64. The Balaban J connectivity index is 2.25. The number of rotatable bonds is 6. The van der Waals surface area contributed by atoms with Crippen molar-refractivity contribution in [3.63, 3.8) is 0 Å². The number of hydrogen-bond donors (Lipinski definition) is 2. The Kier molecular flexibility index (Phi) is 4.59. The van der Waals surface area contributed by atoms with Gasteiger partial charge in [0.2, 0.25) is 10.0 Å². The van der Waals surface area contributed by atoms with Crippen LogP contribution in [0.3, 0.4) is 0 Å². The van der Waals surface area contributed by atoms with Crippen LogP contribution in [0.1, 0.15) is 32.3 Å². The van der Waals surface area contributed by atoms with Crippen molar-refractivity contribution in [1.29, 1.82) is 0 Å². The van der Waals surface area contributed by atoms with E-state index in [-0.39, 0.29) is 5.54 Å². The number of benzene rings is 1. The predicted octanol–water partition coefficient (Wildman–Crippen LogP) is 2.64. The van der Waals surface area contributed by atoms with Gasteiger partial charge in [-0.3, -0.25) is 0 Å². The zero-order valence-corrected chi connectivity index (χ0v) is 14.4. The van der Waals surface area contributed by atoms with Gasteiger partial charge in [0.1, 0.15) is 0 Å². The fraction of sp³-hybridized carbons (Fsp3) is 0.571. The third-order valence-corrected chi connectivity index (χ3v) is 6.31. The molecule has 4 nitrogen and oxygen atoms in total. The molecular formula is C14H21BrN2O2S. The summed E-state index contributed by atoms with van der Waals surface area (Å²) in [4.78, 5) is 0.297. The molecule has 0 spiro atoms. The Morgan fingerprint density at radius 3 is 2.50 bits per heavy atom. The highest BCUT2D eigenvalue weighted by atomic mass is 79.9. The van der Waals surface area contributed by atoms with Gasteiger partial charge in [0.05, 0.1) is 4.90 Å². The van der Waals surface area contributed by atoms with E-state index < -0.39 is 10.0 Å². The van der Waals surface area contributed by atoms with E-state index in [2.05, 4.69) is 26.0 Å². The van der Waals surface area contributed by atoms with Gasteiger partial charge < -0.3 is 5.32 Å². The topological polar surface area (TPSA) is 58.2 Å². The molecule has 1 aromatic carbocycles. The zero-order chi connectivity index (χ0) is 15.0. The maximum Gasteiger partial charge on any atom is 0.242 e. The molecule has 0 amide bonds. The third kappa shape index (κ3) is 3.61. The molecule has 0 aromatic heterocycles. The zero-order valence-electron chi connectivity index (χ0n) is 12.0. The highest BCUT2D eigenvalue weighted by Gasteiger charge is 2.40. The summed E-state index contributed by atoms with van der Waals surface area (Å²) >= 11 is 3.37. The number of sulfonamides is 1. The highest BCUT2D eigenvalue weighted by molar-refractivity contribution is 9.10. The summed E-state index contributed by atoms with van der Waals surface area (Å²) in [5, 5.41) is 3.04. The van der Waals surface area contributed by atoms with Crippen molar-refractivity contribution >= 4 is 26.0 Å². The smallest absolute Gasteiger partial charge is 0.242 e. The Morgan fingerprint density at radius 2 is 2.00 bits per heavy atom. The van der Waals surface area contributed by atoms with Crippen molar-refractivity contribution < 1.29 is 8.42 Å². The van der Waals surface area contributed by atoms with Crippen LogP contribution in [0.5, 0.6) is 0 Å². The molecule has 1 aliphatic rings. The van der Waals surface area contributed by atoms with Gasteiger partial charge in [-0.05, 0) is 73.3 Å². The molecule has 112 valence electrons. The van der Waals surface area contributed by atoms with Crippen molar-refractivity contribution in [3.05, 3.63) is 28.2 Å². The van der Waals surface area contributed by atoms with Crippen LogP contribution in [0.4, 0.5) is 0 Å². The van der Waals surface area contributed by atoms with Crippen molar-refractivity contribution in [1.82, 2.24) is 10.0 Å². The SMILES string of the molecule is CNCc1ccc(S(=O)(=O)NC(C)(C)C2CC2)c(Br)c1. The molecule has 0 atom stereocenters. The van der Waals surface area contributed by atoms with Crippen molar-refractivity contribution in [3.8, 4) is 0 Å². The summed E-state index contributed by atoms with van der Waals surface area (Å²) < 4.78 is 28.5. The molecule has 0 radical (unpaired) electrons. The molecule has 20 heavy (non-hydrogen) atoms. The van der Waals surface area contributed by atoms with Crippen LogP contribution in [-0.2, 0) is 16.6 Å². The van der Waals surface area contributed by atoms with Crippen molar-refractivity contribution in [2.24, 2.45) is 5.92 Å². The largest absolute Gasteiger partial charge is 0.316 e. The van der Waals surface area contributed by atoms with Crippen LogP contribution < -0.4 is 10.0 Å². The lowest BCUT2D eigenvalue weighted by Crippen LogP contribution is -2.45. The average molecular weight is 361 g/mol. The quantitative estimate of drug-likeness (QED) is 0.819. The van der Waals surface area contributed by atoms with E-state index in [1.807, 2.05) is 33.0 Å². The molecular weight excluding hydrogens is 340 g/mol. The van der Waals surface area contributed by atoms with Crippen LogP contribution in [0.25, 0.3) is 0 Å². The molecule has 1 saturated carbocycles. The third-order valence-electron chi connectivity index (χ3n) is 3.66. The highest BCUT2D eigenvalue weighted by Crippen LogP contribution is 2.40. The fourth-order valence-corrected chi connectivity index (χ4v) is 4.96. The predicted molar refractivity (Wildman–Crippen MR) is 84.0 cm³/mol. The van der Waals surface area contributed by atoms with Gasteiger partial charge in [-0.15, -0.1) is 0 Å². The van der Waals surface area contributed by atoms with Gasteiger partial charge in [0, 0.05) is 16.6 Å². The fourth-order valence-electron chi connectivity index (χ4n) is 2.37. The van der Waals surface area contributed by atoms with Crippen LogP contribution in [0, 0.1) is 5.92 Å². The maximum atomic E-state index is 12.5. The second-order valence-corrected chi connectivity index (χ2v) is 8.40.